The van der Waals surface area contributed by atoms with Crippen LogP contribution in [-0.2, 0) is 9.53 Å². The number of epoxide rings is 1. The number of carbonyl (C=O) groups is 1. The van der Waals surface area contributed by atoms with Gasteiger partial charge in [0.15, 0.2) is 5.78 Å². The first-order chi connectivity index (χ1) is 4.97. The molecule has 1 saturated carbocycles. The predicted octanol–water partition coefficient (Wildman–Crippen LogP) is 1.53. The second-order valence-electron chi connectivity index (χ2n) is 4.60. The van der Waals surface area contributed by atoms with Crippen LogP contribution in [0.3, 0.4) is 0 Å². The molecule has 0 bridgehead atoms. The Bertz CT molecular complexity index is 214. The molecule has 1 heterocycles. The van der Waals surface area contributed by atoms with Crippen molar-refractivity contribution < 1.29 is 9.53 Å². The summed E-state index contributed by atoms with van der Waals surface area (Å²) >= 11 is 0. The van der Waals surface area contributed by atoms with Crippen molar-refractivity contribution in [1.82, 2.24) is 0 Å². The first-order valence-corrected chi connectivity index (χ1v) is 4.18. The number of hydrogen-bond acceptors (Lipinski definition) is 2. The number of fused-ring (bicyclic) bond motifs is 1. The molecule has 0 spiro atoms. The van der Waals surface area contributed by atoms with Crippen LogP contribution in [0.25, 0.3) is 0 Å². The van der Waals surface area contributed by atoms with Crippen LogP contribution in [0.2, 0.25) is 0 Å². The molecule has 1 aliphatic carbocycles. The van der Waals surface area contributed by atoms with Gasteiger partial charge in [0.25, 0.3) is 0 Å². The summed E-state index contributed by atoms with van der Waals surface area (Å²) in [5.41, 5.74) is 0.0495. The topological polar surface area (TPSA) is 29.6 Å². The summed E-state index contributed by atoms with van der Waals surface area (Å²) in [6.45, 7) is 6.43. The van der Waals surface area contributed by atoms with Crippen molar-refractivity contribution in [2.75, 3.05) is 0 Å². The number of rotatable bonds is 0. The largest absolute Gasteiger partial charge is 0.357 e. The summed E-state index contributed by atoms with van der Waals surface area (Å²) in [7, 11) is 0. The molecule has 2 aliphatic rings. The smallest absolute Gasteiger partial charge is 0.164 e. The van der Waals surface area contributed by atoms with E-state index in [2.05, 4.69) is 20.8 Å². The summed E-state index contributed by atoms with van der Waals surface area (Å²) in [6, 6.07) is 0. The van der Waals surface area contributed by atoms with Crippen LogP contribution < -0.4 is 0 Å². The third kappa shape index (κ3) is 0.734. The van der Waals surface area contributed by atoms with Gasteiger partial charge in [-0.1, -0.05) is 20.8 Å². The molecule has 62 valence electrons. The van der Waals surface area contributed by atoms with E-state index in [1.807, 2.05) is 0 Å². The number of hydrogen-bond donors (Lipinski definition) is 0. The Balaban J connectivity index is 2.24. The van der Waals surface area contributed by atoms with Gasteiger partial charge in [-0.05, 0) is 11.8 Å². The second kappa shape index (κ2) is 1.69. The zero-order valence-corrected chi connectivity index (χ0v) is 7.31. The van der Waals surface area contributed by atoms with Gasteiger partial charge >= 0.3 is 0 Å². The van der Waals surface area contributed by atoms with Crippen molar-refractivity contribution in [2.45, 2.75) is 45.3 Å². The van der Waals surface area contributed by atoms with Gasteiger partial charge in [-0.15, -0.1) is 0 Å². The minimum absolute atomic E-state index is 0.0532. The summed E-state index contributed by atoms with van der Waals surface area (Å²) < 4.78 is 5.47. The molecule has 2 fully saturated rings. The number of ether oxygens (including phenoxy) is 1. The highest BCUT2D eigenvalue weighted by Gasteiger charge is 2.69. The van der Waals surface area contributed by atoms with Gasteiger partial charge in [-0.25, -0.2) is 0 Å². The first kappa shape index (κ1) is 7.29. The third-order valence-corrected chi connectivity index (χ3v) is 3.00. The van der Waals surface area contributed by atoms with Crippen LogP contribution in [0, 0.1) is 5.41 Å². The van der Waals surface area contributed by atoms with E-state index >= 15 is 0 Å². The molecule has 1 saturated heterocycles. The Labute approximate surface area is 66.9 Å². The van der Waals surface area contributed by atoms with E-state index in [1.165, 1.54) is 0 Å². The van der Waals surface area contributed by atoms with E-state index in [-0.39, 0.29) is 17.1 Å². The van der Waals surface area contributed by atoms with E-state index < -0.39 is 0 Å². The molecule has 2 nitrogen and oxygen atoms in total. The molecule has 0 amide bonds. The summed E-state index contributed by atoms with van der Waals surface area (Å²) in [4.78, 5) is 11.1. The highest BCUT2D eigenvalue weighted by atomic mass is 16.6. The molecule has 11 heavy (non-hydrogen) atoms. The maximum Gasteiger partial charge on any atom is 0.164 e. The van der Waals surface area contributed by atoms with Gasteiger partial charge in [0.1, 0.15) is 11.7 Å². The lowest BCUT2D eigenvalue weighted by atomic mass is 9.79. The third-order valence-electron chi connectivity index (χ3n) is 3.00. The molecule has 1 aliphatic heterocycles. The average molecular weight is 154 g/mol. The molecule has 0 aromatic carbocycles. The van der Waals surface area contributed by atoms with Crippen molar-refractivity contribution in [3.8, 4) is 0 Å². The fourth-order valence-electron chi connectivity index (χ4n) is 2.08. The Kier molecular flexibility index (Phi) is 1.12. The van der Waals surface area contributed by atoms with Crippen LogP contribution in [-0.4, -0.2) is 17.5 Å². The van der Waals surface area contributed by atoms with E-state index in [0.29, 0.717) is 5.78 Å². The zero-order valence-electron chi connectivity index (χ0n) is 7.31. The Morgan fingerprint density at radius 3 is 2.36 bits per heavy atom. The van der Waals surface area contributed by atoms with Crippen molar-refractivity contribution in [1.29, 1.82) is 0 Å². The van der Waals surface area contributed by atoms with Crippen molar-refractivity contribution in [2.24, 2.45) is 5.41 Å². The van der Waals surface area contributed by atoms with Crippen molar-refractivity contribution in [3.63, 3.8) is 0 Å². The quantitative estimate of drug-likeness (QED) is 0.495. The minimum atomic E-state index is -0.0793. The normalized spacial score (nSPS) is 42.5. The lowest BCUT2D eigenvalue weighted by Crippen LogP contribution is -2.29. The fraction of sp³-hybridized carbons (Fsp3) is 0.889. The van der Waals surface area contributed by atoms with Crippen LogP contribution in [0.5, 0.6) is 0 Å². The number of carbonyl (C=O) groups excluding carboxylic acids is 1. The fourth-order valence-corrected chi connectivity index (χ4v) is 2.08. The van der Waals surface area contributed by atoms with Crippen LogP contribution in [0.15, 0.2) is 0 Å². The van der Waals surface area contributed by atoms with E-state index in [0.717, 1.165) is 12.8 Å². The Hall–Kier alpha value is -0.370. The lowest BCUT2D eigenvalue weighted by Gasteiger charge is -2.25. The second-order valence-corrected chi connectivity index (χ2v) is 4.60. The molecule has 0 radical (unpaired) electrons. The summed E-state index contributed by atoms with van der Waals surface area (Å²) in [5, 5.41) is 0. The molecule has 0 aromatic heterocycles. The highest BCUT2D eigenvalue weighted by Crippen LogP contribution is 2.57. The Morgan fingerprint density at radius 1 is 1.55 bits per heavy atom. The molecular formula is C9H14O2. The Morgan fingerprint density at radius 2 is 2.18 bits per heavy atom. The van der Waals surface area contributed by atoms with Gasteiger partial charge in [0.2, 0.25) is 0 Å². The van der Waals surface area contributed by atoms with Crippen LogP contribution in [0.1, 0.15) is 33.6 Å². The SMILES string of the molecule is CC(C)(C)[C@]12CCC(=O)[C@H]1O2. The zero-order chi connectivity index (χ0) is 8.28. The minimum Gasteiger partial charge on any atom is -0.357 e. The van der Waals surface area contributed by atoms with Gasteiger partial charge < -0.3 is 4.74 Å². The molecule has 2 heteroatoms. The number of ketones is 1. The number of Topliss-reactive ketones (excluding diaryl/α,β-unsaturated/α-hetero) is 1. The molecular weight excluding hydrogens is 140 g/mol. The van der Waals surface area contributed by atoms with Crippen molar-refractivity contribution in [3.05, 3.63) is 0 Å². The van der Waals surface area contributed by atoms with E-state index in [9.17, 15) is 4.79 Å². The van der Waals surface area contributed by atoms with Crippen LogP contribution >= 0.6 is 0 Å². The predicted molar refractivity (Wildman–Crippen MR) is 41.3 cm³/mol. The summed E-state index contributed by atoms with van der Waals surface area (Å²) in [5.74, 6) is 0.305. The summed E-state index contributed by atoms with van der Waals surface area (Å²) in [6.07, 6.45) is 1.60. The lowest BCUT2D eigenvalue weighted by molar-refractivity contribution is -0.120. The molecule has 2 rings (SSSR count). The van der Waals surface area contributed by atoms with Crippen LogP contribution in [0.4, 0.5) is 0 Å². The van der Waals surface area contributed by atoms with Gasteiger partial charge in [-0.3, -0.25) is 4.79 Å². The maximum absolute atomic E-state index is 11.1. The molecule has 0 aromatic rings. The standard InChI is InChI=1S/C9H14O2/c1-8(2,3)9-5-4-6(10)7(9)11-9/h7H,4-5H2,1-3H3/t7-,9+/m1/s1. The van der Waals surface area contributed by atoms with Gasteiger partial charge in [-0.2, -0.15) is 0 Å². The van der Waals surface area contributed by atoms with E-state index in [4.69, 9.17) is 4.74 Å². The van der Waals surface area contributed by atoms with Gasteiger partial charge in [0, 0.05) is 6.42 Å². The first-order valence-electron chi connectivity index (χ1n) is 4.18. The molecule has 0 unspecified atom stereocenters. The van der Waals surface area contributed by atoms with Crippen molar-refractivity contribution >= 4 is 5.78 Å². The molecule has 0 N–H and O–H groups in total. The monoisotopic (exact) mass is 154 g/mol. The maximum atomic E-state index is 11.1. The van der Waals surface area contributed by atoms with E-state index in [1.54, 1.807) is 0 Å². The highest BCUT2D eigenvalue weighted by molar-refractivity contribution is 5.90. The molecule has 2 atom stereocenters. The van der Waals surface area contributed by atoms with Gasteiger partial charge in [0.05, 0.1) is 0 Å². The average Bonchev–Trinajstić information content (AvgIpc) is 2.50.